The maximum absolute atomic E-state index is 11.3. The molecule has 7 heteroatoms. The molecular weight excluding hydrogens is 436 g/mol. The van der Waals surface area contributed by atoms with Gasteiger partial charge >= 0.3 is 10.3 Å². The standard InChI is InChI=1S/C26H30N2O4S/c1-4-25(20-8-6-5-7-9-20)26(22-12-16-24(17-13-22)32-33(27,29)30)21-10-14-23(15-11-21)31-19-18-28(2)3/h5-17H,4,18-19H2,1-3H3,(H2,27,29,30)/b26-25+. The van der Waals surface area contributed by atoms with Crippen molar-refractivity contribution < 1.29 is 17.3 Å². The molecule has 3 aromatic rings. The van der Waals surface area contributed by atoms with Crippen molar-refractivity contribution >= 4 is 21.5 Å². The van der Waals surface area contributed by atoms with Gasteiger partial charge in [-0.3, -0.25) is 0 Å². The summed E-state index contributed by atoms with van der Waals surface area (Å²) >= 11 is 0. The highest BCUT2D eigenvalue weighted by Crippen LogP contribution is 2.35. The van der Waals surface area contributed by atoms with Gasteiger partial charge in [-0.25, -0.2) is 0 Å². The van der Waals surface area contributed by atoms with Crippen molar-refractivity contribution in [3.63, 3.8) is 0 Å². The summed E-state index contributed by atoms with van der Waals surface area (Å²) in [4.78, 5) is 2.08. The van der Waals surface area contributed by atoms with Gasteiger partial charge in [0.05, 0.1) is 0 Å². The maximum Gasteiger partial charge on any atom is 0.380 e. The van der Waals surface area contributed by atoms with E-state index >= 15 is 0 Å². The first-order valence-electron chi connectivity index (χ1n) is 10.8. The van der Waals surface area contributed by atoms with Crippen molar-refractivity contribution in [2.45, 2.75) is 13.3 Å². The summed E-state index contributed by atoms with van der Waals surface area (Å²) in [6, 6.07) is 25.2. The van der Waals surface area contributed by atoms with Gasteiger partial charge in [0.25, 0.3) is 0 Å². The Hall–Kier alpha value is -3.13. The quantitative estimate of drug-likeness (QED) is 0.442. The molecule has 0 spiro atoms. The molecule has 0 atom stereocenters. The van der Waals surface area contributed by atoms with Crippen molar-refractivity contribution in [3.8, 4) is 11.5 Å². The third-order valence-corrected chi connectivity index (χ3v) is 5.51. The Balaban J connectivity index is 2.02. The highest BCUT2D eigenvalue weighted by Gasteiger charge is 2.14. The summed E-state index contributed by atoms with van der Waals surface area (Å²) in [6.45, 7) is 3.58. The molecule has 0 aromatic heterocycles. The number of nitrogens with two attached hydrogens (primary N) is 1. The Bertz CT molecular complexity index is 1170. The van der Waals surface area contributed by atoms with Gasteiger partial charge in [-0.2, -0.15) is 13.6 Å². The predicted molar refractivity (Wildman–Crippen MR) is 133 cm³/mol. The minimum Gasteiger partial charge on any atom is -0.492 e. The van der Waals surface area contributed by atoms with Crippen LogP contribution in [0.25, 0.3) is 11.1 Å². The van der Waals surface area contributed by atoms with Crippen LogP contribution in [0.1, 0.15) is 30.0 Å². The zero-order valence-corrected chi connectivity index (χ0v) is 20.0. The van der Waals surface area contributed by atoms with Gasteiger partial charge in [-0.15, -0.1) is 0 Å². The van der Waals surface area contributed by atoms with Crippen LogP contribution < -0.4 is 14.1 Å². The number of benzene rings is 3. The second kappa shape index (κ2) is 11.1. The fraction of sp³-hybridized carbons (Fsp3) is 0.231. The number of hydrogen-bond acceptors (Lipinski definition) is 5. The van der Waals surface area contributed by atoms with Gasteiger partial charge in [0.2, 0.25) is 0 Å². The van der Waals surface area contributed by atoms with E-state index in [1.165, 1.54) is 5.57 Å². The molecule has 0 aliphatic rings. The largest absolute Gasteiger partial charge is 0.492 e. The van der Waals surface area contributed by atoms with Gasteiger partial charge in [0.1, 0.15) is 18.1 Å². The van der Waals surface area contributed by atoms with Crippen LogP contribution in [0, 0.1) is 0 Å². The second-order valence-corrected chi connectivity index (χ2v) is 9.00. The highest BCUT2D eigenvalue weighted by atomic mass is 32.2. The first-order valence-corrected chi connectivity index (χ1v) is 12.2. The predicted octanol–water partition coefficient (Wildman–Crippen LogP) is 4.58. The molecule has 0 bridgehead atoms. The van der Waals surface area contributed by atoms with Crippen LogP contribution in [0.3, 0.4) is 0 Å². The molecular formula is C26H30N2O4S. The van der Waals surface area contributed by atoms with Gasteiger partial charge in [-0.1, -0.05) is 61.5 Å². The van der Waals surface area contributed by atoms with E-state index in [1.807, 2.05) is 68.7 Å². The molecule has 0 fully saturated rings. The lowest BCUT2D eigenvalue weighted by atomic mass is 9.88. The third kappa shape index (κ3) is 7.18. The Morgan fingerprint density at radius 2 is 1.36 bits per heavy atom. The number of nitrogens with zero attached hydrogens (tertiary/aromatic N) is 1. The van der Waals surface area contributed by atoms with Crippen LogP contribution >= 0.6 is 0 Å². The molecule has 2 N–H and O–H groups in total. The number of allylic oxidation sites excluding steroid dienone is 1. The lowest BCUT2D eigenvalue weighted by Crippen LogP contribution is -2.19. The van der Waals surface area contributed by atoms with Gasteiger partial charge in [0, 0.05) is 6.54 Å². The van der Waals surface area contributed by atoms with Crippen molar-refractivity contribution in [1.82, 2.24) is 4.90 Å². The monoisotopic (exact) mass is 466 g/mol. The van der Waals surface area contributed by atoms with Crippen molar-refractivity contribution in [3.05, 3.63) is 95.6 Å². The molecule has 174 valence electrons. The first-order chi connectivity index (χ1) is 15.8. The average Bonchev–Trinajstić information content (AvgIpc) is 2.78. The van der Waals surface area contributed by atoms with E-state index < -0.39 is 10.3 Å². The molecule has 0 heterocycles. The minimum absolute atomic E-state index is 0.169. The van der Waals surface area contributed by atoms with E-state index in [4.69, 9.17) is 14.1 Å². The van der Waals surface area contributed by atoms with Gasteiger partial charge in [-0.05, 0) is 72.6 Å². The van der Waals surface area contributed by atoms with Crippen LogP contribution in [-0.2, 0) is 10.3 Å². The van der Waals surface area contributed by atoms with E-state index in [0.29, 0.717) is 6.61 Å². The lowest BCUT2D eigenvalue weighted by molar-refractivity contribution is 0.261. The fourth-order valence-corrected chi connectivity index (χ4v) is 3.93. The van der Waals surface area contributed by atoms with E-state index in [0.717, 1.165) is 41.0 Å². The second-order valence-electron chi connectivity index (χ2n) is 7.85. The Morgan fingerprint density at radius 3 is 1.85 bits per heavy atom. The summed E-state index contributed by atoms with van der Waals surface area (Å²) in [5.41, 5.74) is 5.35. The molecule has 0 aliphatic heterocycles. The molecule has 0 saturated heterocycles. The summed E-state index contributed by atoms with van der Waals surface area (Å²) in [5.74, 6) is 0.984. The van der Waals surface area contributed by atoms with E-state index in [9.17, 15) is 8.42 Å². The van der Waals surface area contributed by atoms with Crippen molar-refractivity contribution in [1.29, 1.82) is 0 Å². The van der Waals surface area contributed by atoms with Crippen LogP contribution in [0.2, 0.25) is 0 Å². The van der Waals surface area contributed by atoms with Crippen molar-refractivity contribution in [2.24, 2.45) is 5.14 Å². The van der Waals surface area contributed by atoms with Crippen LogP contribution in [0.5, 0.6) is 11.5 Å². The van der Waals surface area contributed by atoms with Crippen LogP contribution in [-0.4, -0.2) is 40.6 Å². The molecule has 6 nitrogen and oxygen atoms in total. The molecule has 0 radical (unpaired) electrons. The third-order valence-electron chi connectivity index (χ3n) is 5.08. The zero-order chi connectivity index (χ0) is 23.8. The smallest absolute Gasteiger partial charge is 0.380 e. The normalized spacial score (nSPS) is 12.4. The lowest BCUT2D eigenvalue weighted by Gasteiger charge is -2.17. The van der Waals surface area contributed by atoms with Gasteiger partial charge < -0.3 is 13.8 Å². The number of rotatable bonds is 10. The topological polar surface area (TPSA) is 81.9 Å². The fourth-order valence-electron chi connectivity index (χ4n) is 3.55. The van der Waals surface area contributed by atoms with Crippen molar-refractivity contribution in [2.75, 3.05) is 27.2 Å². The molecule has 0 amide bonds. The van der Waals surface area contributed by atoms with Crippen LogP contribution in [0.15, 0.2) is 78.9 Å². The highest BCUT2D eigenvalue weighted by molar-refractivity contribution is 7.84. The maximum atomic E-state index is 11.3. The number of ether oxygens (including phenoxy) is 1. The molecule has 3 rings (SSSR count). The molecule has 3 aromatic carbocycles. The van der Waals surface area contributed by atoms with E-state index in [1.54, 1.807) is 12.1 Å². The zero-order valence-electron chi connectivity index (χ0n) is 19.2. The molecule has 0 saturated carbocycles. The molecule has 0 aliphatic carbocycles. The van der Waals surface area contributed by atoms with Gasteiger partial charge in [0.15, 0.2) is 0 Å². The average molecular weight is 467 g/mol. The number of hydrogen-bond donors (Lipinski definition) is 1. The Morgan fingerprint density at radius 1 is 0.818 bits per heavy atom. The minimum atomic E-state index is -4.07. The van der Waals surface area contributed by atoms with E-state index in [2.05, 4.69) is 24.0 Å². The molecule has 33 heavy (non-hydrogen) atoms. The Kier molecular flexibility index (Phi) is 8.27. The number of likely N-dealkylation sites (N-methyl/N-ethyl adjacent to an activating group) is 1. The Labute approximate surface area is 196 Å². The van der Waals surface area contributed by atoms with Crippen LogP contribution in [0.4, 0.5) is 0 Å². The SMILES string of the molecule is CC/C(=C(/c1ccc(OCCN(C)C)cc1)c1ccc(OS(N)(=O)=O)cc1)c1ccccc1. The summed E-state index contributed by atoms with van der Waals surface area (Å²) in [5, 5.41) is 4.99. The summed E-state index contributed by atoms with van der Waals surface area (Å²) in [7, 11) is -0.0482. The molecule has 0 unspecified atom stereocenters. The summed E-state index contributed by atoms with van der Waals surface area (Å²) < 4.78 is 33.2. The van der Waals surface area contributed by atoms with E-state index in [-0.39, 0.29) is 5.75 Å². The first kappa shape index (κ1) is 24.5. The summed E-state index contributed by atoms with van der Waals surface area (Å²) in [6.07, 6.45) is 0.815.